The summed E-state index contributed by atoms with van der Waals surface area (Å²) in [5.41, 5.74) is 2.87. The molecule has 0 bridgehead atoms. The van der Waals surface area contributed by atoms with Crippen LogP contribution in [0.1, 0.15) is 102 Å². The fourth-order valence-corrected chi connectivity index (χ4v) is 3.57. The van der Waals surface area contributed by atoms with Gasteiger partial charge in [0.05, 0.1) is 0 Å². The van der Waals surface area contributed by atoms with Crippen LogP contribution in [0.3, 0.4) is 0 Å². The third kappa shape index (κ3) is 12.2. The van der Waals surface area contributed by atoms with Crippen molar-refractivity contribution in [3.05, 3.63) is 35.4 Å². The van der Waals surface area contributed by atoms with Gasteiger partial charge in [-0.1, -0.05) is 108 Å². The fourth-order valence-electron chi connectivity index (χ4n) is 3.57. The molecule has 1 aromatic carbocycles. The van der Waals surface area contributed by atoms with Crippen LogP contribution >= 0.6 is 0 Å². The van der Waals surface area contributed by atoms with Crippen molar-refractivity contribution >= 4 is 0 Å². The summed E-state index contributed by atoms with van der Waals surface area (Å²) >= 11 is 0. The molecule has 0 amide bonds. The molecule has 0 atom stereocenters. The van der Waals surface area contributed by atoms with E-state index in [9.17, 15) is 0 Å². The summed E-state index contributed by atoms with van der Waals surface area (Å²) in [6.07, 6.45) is 16.7. The molecule has 0 radical (unpaired) electrons. The Bertz CT molecular complexity index is 396. The lowest BCUT2D eigenvalue weighted by atomic mass is 10.1. The summed E-state index contributed by atoms with van der Waals surface area (Å²) in [6, 6.07) is 9.06. The first-order chi connectivity index (χ1) is 12.3. The highest BCUT2D eigenvalue weighted by Gasteiger charge is 2.06. The first kappa shape index (κ1) is 22.2. The SMILES string of the molecule is CCCCCCCCN(CCCCCCCC)Cc1cccc(C)c1. The first-order valence-corrected chi connectivity index (χ1v) is 11.0. The van der Waals surface area contributed by atoms with Crippen molar-refractivity contribution in [2.75, 3.05) is 13.1 Å². The Labute approximate surface area is 158 Å². The van der Waals surface area contributed by atoms with E-state index in [1.54, 1.807) is 0 Å². The molecule has 0 aliphatic heterocycles. The minimum Gasteiger partial charge on any atom is -0.299 e. The van der Waals surface area contributed by atoms with Crippen molar-refractivity contribution in [2.24, 2.45) is 0 Å². The normalized spacial score (nSPS) is 11.4. The fraction of sp³-hybridized carbons (Fsp3) is 0.750. The maximum atomic E-state index is 2.70. The topological polar surface area (TPSA) is 3.24 Å². The van der Waals surface area contributed by atoms with Gasteiger partial charge in [-0.05, 0) is 38.4 Å². The molecule has 1 nitrogen and oxygen atoms in total. The minimum absolute atomic E-state index is 1.13. The number of rotatable bonds is 16. The second-order valence-electron chi connectivity index (χ2n) is 7.80. The lowest BCUT2D eigenvalue weighted by Crippen LogP contribution is -2.25. The molecule has 0 saturated heterocycles. The van der Waals surface area contributed by atoms with Gasteiger partial charge in [0.2, 0.25) is 0 Å². The Morgan fingerprint density at radius 1 is 0.680 bits per heavy atom. The van der Waals surface area contributed by atoms with Gasteiger partial charge in [-0.2, -0.15) is 0 Å². The summed E-state index contributed by atoms with van der Waals surface area (Å²) in [5.74, 6) is 0. The van der Waals surface area contributed by atoms with Gasteiger partial charge in [-0.25, -0.2) is 0 Å². The van der Waals surface area contributed by atoms with Gasteiger partial charge in [0.25, 0.3) is 0 Å². The Kier molecular flexibility index (Phi) is 13.7. The van der Waals surface area contributed by atoms with Crippen molar-refractivity contribution in [1.29, 1.82) is 0 Å². The predicted octanol–water partition coefficient (Wildman–Crippen LogP) is 7.52. The number of nitrogens with zero attached hydrogens (tertiary/aromatic N) is 1. The van der Waals surface area contributed by atoms with Crippen LogP contribution in [0.4, 0.5) is 0 Å². The van der Waals surface area contributed by atoms with E-state index in [-0.39, 0.29) is 0 Å². The molecule has 0 heterocycles. The molecule has 0 unspecified atom stereocenters. The van der Waals surface area contributed by atoms with Crippen molar-refractivity contribution < 1.29 is 0 Å². The van der Waals surface area contributed by atoms with E-state index in [1.807, 2.05) is 0 Å². The number of hydrogen-bond acceptors (Lipinski definition) is 1. The van der Waals surface area contributed by atoms with Gasteiger partial charge in [0.15, 0.2) is 0 Å². The summed E-state index contributed by atoms with van der Waals surface area (Å²) in [6.45, 7) is 10.5. The third-order valence-corrected chi connectivity index (χ3v) is 5.14. The van der Waals surface area contributed by atoms with Crippen molar-refractivity contribution in [2.45, 2.75) is 104 Å². The highest BCUT2D eigenvalue weighted by Crippen LogP contribution is 2.13. The molecule has 0 N–H and O–H groups in total. The van der Waals surface area contributed by atoms with Crippen LogP contribution in [-0.4, -0.2) is 18.0 Å². The average Bonchev–Trinajstić information content (AvgIpc) is 2.60. The number of benzene rings is 1. The maximum Gasteiger partial charge on any atom is 0.0233 e. The molecule has 1 aromatic rings. The molecule has 0 aliphatic carbocycles. The van der Waals surface area contributed by atoms with E-state index in [0.717, 1.165) is 6.54 Å². The van der Waals surface area contributed by atoms with Crippen molar-refractivity contribution in [3.8, 4) is 0 Å². The van der Waals surface area contributed by atoms with Gasteiger partial charge >= 0.3 is 0 Å². The summed E-state index contributed by atoms with van der Waals surface area (Å²) < 4.78 is 0. The first-order valence-electron chi connectivity index (χ1n) is 11.0. The summed E-state index contributed by atoms with van der Waals surface area (Å²) in [5, 5.41) is 0. The lowest BCUT2D eigenvalue weighted by Gasteiger charge is -2.23. The smallest absolute Gasteiger partial charge is 0.0233 e. The highest BCUT2D eigenvalue weighted by molar-refractivity contribution is 5.22. The largest absolute Gasteiger partial charge is 0.299 e. The second kappa shape index (κ2) is 15.4. The van der Waals surface area contributed by atoms with Gasteiger partial charge in [0.1, 0.15) is 0 Å². The van der Waals surface area contributed by atoms with Gasteiger partial charge in [-0.15, -0.1) is 0 Å². The van der Waals surface area contributed by atoms with Gasteiger partial charge in [-0.3, -0.25) is 4.90 Å². The lowest BCUT2D eigenvalue weighted by molar-refractivity contribution is 0.252. The van der Waals surface area contributed by atoms with Crippen LogP contribution in [0.25, 0.3) is 0 Å². The van der Waals surface area contributed by atoms with E-state index in [1.165, 1.54) is 101 Å². The molecule has 0 aliphatic rings. The predicted molar refractivity (Wildman–Crippen MR) is 113 cm³/mol. The molecule has 1 heteroatoms. The molecular formula is C24H43N. The third-order valence-electron chi connectivity index (χ3n) is 5.14. The quantitative estimate of drug-likeness (QED) is 0.280. The van der Waals surface area contributed by atoms with Crippen molar-refractivity contribution in [3.63, 3.8) is 0 Å². The van der Waals surface area contributed by atoms with Gasteiger partial charge in [0, 0.05) is 6.54 Å². The summed E-state index contributed by atoms with van der Waals surface area (Å²) in [4.78, 5) is 2.70. The van der Waals surface area contributed by atoms with E-state index < -0.39 is 0 Å². The molecule has 1 rings (SSSR count). The standard InChI is InChI=1S/C24H43N/c1-4-6-8-10-12-14-19-25(20-15-13-11-9-7-5-2)22-24-18-16-17-23(3)21-24/h16-18,21H,4-15,19-20,22H2,1-3H3. The molecule has 25 heavy (non-hydrogen) atoms. The van der Waals surface area contributed by atoms with E-state index in [4.69, 9.17) is 0 Å². The van der Waals surface area contributed by atoms with Crippen LogP contribution < -0.4 is 0 Å². The monoisotopic (exact) mass is 345 g/mol. The Balaban J connectivity index is 2.32. The Morgan fingerprint density at radius 2 is 1.20 bits per heavy atom. The average molecular weight is 346 g/mol. The molecule has 0 aromatic heterocycles. The number of unbranched alkanes of at least 4 members (excludes halogenated alkanes) is 10. The molecule has 144 valence electrons. The Morgan fingerprint density at radius 3 is 1.72 bits per heavy atom. The molecule has 0 saturated carbocycles. The van der Waals surface area contributed by atoms with Gasteiger partial charge < -0.3 is 0 Å². The zero-order valence-corrected chi connectivity index (χ0v) is 17.4. The van der Waals surface area contributed by atoms with Crippen LogP contribution in [0.5, 0.6) is 0 Å². The van der Waals surface area contributed by atoms with E-state index in [0.29, 0.717) is 0 Å². The summed E-state index contributed by atoms with van der Waals surface area (Å²) in [7, 11) is 0. The van der Waals surface area contributed by atoms with Crippen molar-refractivity contribution in [1.82, 2.24) is 4.90 Å². The molecule has 0 fully saturated rings. The van der Waals surface area contributed by atoms with Crippen LogP contribution in [-0.2, 0) is 6.54 Å². The zero-order valence-electron chi connectivity index (χ0n) is 17.4. The van der Waals surface area contributed by atoms with E-state index >= 15 is 0 Å². The number of hydrogen-bond donors (Lipinski definition) is 0. The second-order valence-corrected chi connectivity index (χ2v) is 7.80. The zero-order chi connectivity index (χ0) is 18.2. The number of aryl methyl sites for hydroxylation is 1. The maximum absolute atomic E-state index is 2.70. The highest BCUT2D eigenvalue weighted by atomic mass is 15.1. The molecular weight excluding hydrogens is 302 g/mol. The molecule has 0 spiro atoms. The van der Waals surface area contributed by atoms with E-state index in [2.05, 4.69) is 49.9 Å². The van der Waals surface area contributed by atoms with Crippen LogP contribution in [0.2, 0.25) is 0 Å². The minimum atomic E-state index is 1.13. The Hall–Kier alpha value is -0.820. The van der Waals surface area contributed by atoms with Crippen LogP contribution in [0, 0.1) is 6.92 Å². The van der Waals surface area contributed by atoms with Crippen LogP contribution in [0.15, 0.2) is 24.3 Å².